The van der Waals surface area contributed by atoms with Gasteiger partial charge in [0, 0.05) is 25.1 Å². The van der Waals surface area contributed by atoms with Gasteiger partial charge in [0.15, 0.2) is 0 Å². The Kier molecular flexibility index (Phi) is 4.12. The fourth-order valence-electron chi connectivity index (χ4n) is 3.94. The molecule has 7 heteroatoms. The molecule has 2 amide bonds. The third-order valence-electron chi connectivity index (χ3n) is 5.01. The summed E-state index contributed by atoms with van der Waals surface area (Å²) in [4.78, 5) is 14.2. The van der Waals surface area contributed by atoms with Gasteiger partial charge in [-0.3, -0.25) is 5.32 Å². The van der Waals surface area contributed by atoms with Gasteiger partial charge in [-0.15, -0.1) is 10.2 Å². The van der Waals surface area contributed by atoms with Gasteiger partial charge in [-0.05, 0) is 26.2 Å². The molecule has 2 saturated carbocycles. The summed E-state index contributed by atoms with van der Waals surface area (Å²) in [6.07, 6.45) is 6.07. The number of anilines is 1. The molecular formula is C14H22N4O2S. The first-order valence-corrected chi connectivity index (χ1v) is 8.47. The van der Waals surface area contributed by atoms with Gasteiger partial charge in [-0.25, -0.2) is 4.79 Å². The summed E-state index contributed by atoms with van der Waals surface area (Å²) in [5, 5.41) is 11.0. The number of carbonyl (C=O) groups is 1. The van der Waals surface area contributed by atoms with Gasteiger partial charge < -0.3 is 9.64 Å². The summed E-state index contributed by atoms with van der Waals surface area (Å²) < 4.78 is 5.90. The van der Waals surface area contributed by atoms with E-state index < -0.39 is 0 Å². The van der Waals surface area contributed by atoms with Crippen LogP contribution in [0.2, 0.25) is 0 Å². The molecule has 0 aromatic carbocycles. The summed E-state index contributed by atoms with van der Waals surface area (Å²) in [5.41, 5.74) is 1.78. The largest absolute Gasteiger partial charge is 0.378 e. The number of urea groups is 1. The summed E-state index contributed by atoms with van der Waals surface area (Å²) in [6, 6.07) is 0.169. The Morgan fingerprint density at radius 2 is 2.33 bits per heavy atom. The molecular weight excluding hydrogens is 288 g/mol. The maximum Gasteiger partial charge on any atom is 0.323 e. The Balaban J connectivity index is 1.67. The lowest BCUT2D eigenvalue weighted by atomic mass is 9.60. The van der Waals surface area contributed by atoms with Gasteiger partial charge in [-0.2, -0.15) is 0 Å². The predicted molar refractivity (Wildman–Crippen MR) is 81.4 cm³/mol. The monoisotopic (exact) mass is 310 g/mol. The highest BCUT2D eigenvalue weighted by Crippen LogP contribution is 2.56. The van der Waals surface area contributed by atoms with Crippen LogP contribution in [0.1, 0.15) is 39.0 Å². The first-order valence-electron chi connectivity index (χ1n) is 7.59. The molecule has 0 bridgehead atoms. The SMILES string of the molecule is CCO[C@@H]1C[C@@H](N(C)C(=O)Nc2nncs2)C12CCCC2. The normalized spacial score (nSPS) is 26.6. The molecule has 0 radical (unpaired) electrons. The first-order chi connectivity index (χ1) is 10.2. The number of hydrogen-bond donors (Lipinski definition) is 1. The minimum Gasteiger partial charge on any atom is -0.378 e. The van der Waals surface area contributed by atoms with Crippen molar-refractivity contribution in [3.8, 4) is 0 Å². The van der Waals surface area contributed by atoms with E-state index in [1.54, 1.807) is 5.51 Å². The highest BCUT2D eigenvalue weighted by Gasteiger charge is 2.58. The summed E-state index contributed by atoms with van der Waals surface area (Å²) >= 11 is 1.33. The van der Waals surface area contributed by atoms with Crippen molar-refractivity contribution in [3.05, 3.63) is 5.51 Å². The minimum absolute atomic E-state index is 0.0991. The maximum absolute atomic E-state index is 12.4. The van der Waals surface area contributed by atoms with Crippen LogP contribution < -0.4 is 5.32 Å². The van der Waals surface area contributed by atoms with Crippen LogP contribution in [0.5, 0.6) is 0 Å². The van der Waals surface area contributed by atoms with Crippen molar-refractivity contribution in [2.24, 2.45) is 5.41 Å². The van der Waals surface area contributed by atoms with E-state index in [0.717, 1.165) is 13.0 Å². The lowest BCUT2D eigenvalue weighted by Gasteiger charge is -2.56. The number of rotatable bonds is 4. The van der Waals surface area contributed by atoms with E-state index in [1.807, 2.05) is 18.9 Å². The molecule has 2 atom stereocenters. The molecule has 0 saturated heterocycles. The molecule has 0 unspecified atom stereocenters. The molecule has 21 heavy (non-hydrogen) atoms. The number of ether oxygens (including phenoxy) is 1. The van der Waals surface area contributed by atoms with Crippen molar-refractivity contribution in [3.63, 3.8) is 0 Å². The van der Waals surface area contributed by atoms with Crippen molar-refractivity contribution in [1.29, 1.82) is 0 Å². The number of nitrogens with one attached hydrogen (secondary N) is 1. The van der Waals surface area contributed by atoms with Crippen molar-refractivity contribution >= 4 is 22.5 Å². The molecule has 1 aromatic heterocycles. The average Bonchev–Trinajstić information content (AvgIpc) is 3.14. The van der Waals surface area contributed by atoms with Crippen LogP contribution in [0.15, 0.2) is 5.51 Å². The fourth-order valence-corrected chi connectivity index (χ4v) is 4.38. The molecule has 1 heterocycles. The average molecular weight is 310 g/mol. The molecule has 116 valence electrons. The van der Waals surface area contributed by atoms with E-state index in [1.165, 1.54) is 37.0 Å². The molecule has 1 spiro atoms. The van der Waals surface area contributed by atoms with E-state index in [4.69, 9.17) is 4.74 Å². The lowest BCUT2D eigenvalue weighted by Crippen LogP contribution is -2.64. The van der Waals surface area contributed by atoms with Gasteiger partial charge in [0.25, 0.3) is 0 Å². The first kappa shape index (κ1) is 14.7. The van der Waals surface area contributed by atoms with Crippen molar-refractivity contribution < 1.29 is 9.53 Å². The summed E-state index contributed by atoms with van der Waals surface area (Å²) in [5.74, 6) is 0. The fraction of sp³-hybridized carbons (Fsp3) is 0.786. The van der Waals surface area contributed by atoms with Crippen molar-refractivity contribution in [1.82, 2.24) is 15.1 Å². The Bertz CT molecular complexity index is 487. The molecule has 6 nitrogen and oxygen atoms in total. The summed E-state index contributed by atoms with van der Waals surface area (Å²) in [6.45, 7) is 2.79. The van der Waals surface area contributed by atoms with Crippen LogP contribution in [0.25, 0.3) is 0 Å². The number of carbonyl (C=O) groups excluding carboxylic acids is 1. The van der Waals surface area contributed by atoms with Crippen LogP contribution in [0, 0.1) is 5.41 Å². The quantitative estimate of drug-likeness (QED) is 0.928. The van der Waals surface area contributed by atoms with E-state index in [0.29, 0.717) is 11.2 Å². The van der Waals surface area contributed by atoms with Crippen LogP contribution in [0.4, 0.5) is 9.93 Å². The van der Waals surface area contributed by atoms with E-state index in [9.17, 15) is 4.79 Å². The number of aromatic nitrogens is 2. The van der Waals surface area contributed by atoms with Crippen LogP contribution in [0.3, 0.4) is 0 Å². The van der Waals surface area contributed by atoms with Crippen LogP contribution in [-0.2, 0) is 4.74 Å². The highest BCUT2D eigenvalue weighted by molar-refractivity contribution is 7.13. The lowest BCUT2D eigenvalue weighted by molar-refractivity contribution is -0.150. The van der Waals surface area contributed by atoms with Gasteiger partial charge >= 0.3 is 6.03 Å². The highest BCUT2D eigenvalue weighted by atomic mass is 32.1. The zero-order valence-corrected chi connectivity index (χ0v) is 13.4. The zero-order valence-electron chi connectivity index (χ0n) is 12.5. The van der Waals surface area contributed by atoms with Gasteiger partial charge in [-0.1, -0.05) is 24.2 Å². The number of hydrogen-bond acceptors (Lipinski definition) is 5. The molecule has 1 aromatic rings. The van der Waals surface area contributed by atoms with Gasteiger partial charge in [0.05, 0.1) is 6.10 Å². The number of nitrogens with zero attached hydrogens (tertiary/aromatic N) is 3. The predicted octanol–water partition coefficient (Wildman–Crippen LogP) is 2.74. The van der Waals surface area contributed by atoms with Crippen LogP contribution in [-0.4, -0.2) is 46.9 Å². The Hall–Kier alpha value is -1.21. The smallest absolute Gasteiger partial charge is 0.323 e. The second-order valence-electron chi connectivity index (χ2n) is 5.92. The minimum atomic E-state index is -0.0991. The summed E-state index contributed by atoms with van der Waals surface area (Å²) in [7, 11) is 1.88. The Morgan fingerprint density at radius 1 is 1.57 bits per heavy atom. The van der Waals surface area contributed by atoms with Gasteiger partial charge in [0.2, 0.25) is 5.13 Å². The molecule has 1 N–H and O–H groups in total. The van der Waals surface area contributed by atoms with Crippen molar-refractivity contribution in [2.75, 3.05) is 19.0 Å². The Morgan fingerprint density at radius 3 is 2.95 bits per heavy atom. The molecule has 2 aliphatic carbocycles. The van der Waals surface area contributed by atoms with Crippen molar-refractivity contribution in [2.45, 2.75) is 51.2 Å². The second-order valence-corrected chi connectivity index (χ2v) is 6.75. The number of amides is 2. The molecule has 3 rings (SSSR count). The molecule has 2 fully saturated rings. The zero-order chi connectivity index (χ0) is 14.9. The van der Waals surface area contributed by atoms with E-state index in [-0.39, 0.29) is 17.5 Å². The second kappa shape index (κ2) is 5.88. The van der Waals surface area contributed by atoms with Crippen LogP contribution >= 0.6 is 11.3 Å². The molecule has 0 aliphatic heterocycles. The molecule has 2 aliphatic rings. The Labute approximate surface area is 128 Å². The van der Waals surface area contributed by atoms with E-state index in [2.05, 4.69) is 15.5 Å². The van der Waals surface area contributed by atoms with Gasteiger partial charge in [0.1, 0.15) is 5.51 Å². The maximum atomic E-state index is 12.4. The standard InChI is InChI=1S/C14H22N4O2S/c1-3-20-11-8-10(14(11)6-4-5-7-14)18(2)13(19)16-12-17-15-9-21-12/h9-11H,3-8H2,1-2H3,(H,16,17,19)/t10-,11-/m1/s1. The van der Waals surface area contributed by atoms with E-state index >= 15 is 0 Å². The third-order valence-corrected chi connectivity index (χ3v) is 5.61. The topological polar surface area (TPSA) is 67.3 Å². The third kappa shape index (κ3) is 2.53.